The molecule has 0 radical (unpaired) electrons. The van der Waals surface area contributed by atoms with E-state index in [2.05, 4.69) is 20.7 Å². The number of amides is 1. The van der Waals surface area contributed by atoms with Crippen molar-refractivity contribution >= 4 is 23.5 Å². The zero-order chi connectivity index (χ0) is 17.8. The molecule has 0 atom stereocenters. The van der Waals surface area contributed by atoms with Gasteiger partial charge < -0.3 is 14.4 Å². The second-order valence-corrected chi connectivity index (χ2v) is 6.47. The van der Waals surface area contributed by atoms with Gasteiger partial charge in [0.15, 0.2) is 16.8 Å². The zero-order valence-corrected chi connectivity index (χ0v) is 15.1. The molecule has 1 aromatic carbocycles. The molecular formula is C17H19N5O2S. The Morgan fingerprint density at radius 2 is 2.08 bits per heavy atom. The van der Waals surface area contributed by atoms with E-state index in [1.165, 1.54) is 11.8 Å². The first-order chi connectivity index (χ1) is 12.1. The Morgan fingerprint density at radius 3 is 2.76 bits per heavy atom. The maximum atomic E-state index is 12.1. The van der Waals surface area contributed by atoms with Crippen LogP contribution in [-0.4, -0.2) is 31.6 Å². The van der Waals surface area contributed by atoms with Crippen molar-refractivity contribution in [1.82, 2.24) is 19.9 Å². The van der Waals surface area contributed by atoms with Crippen molar-refractivity contribution in [1.29, 1.82) is 0 Å². The molecule has 0 saturated carbocycles. The summed E-state index contributed by atoms with van der Waals surface area (Å²) in [6.07, 6.45) is 0. The van der Waals surface area contributed by atoms with Gasteiger partial charge in [0.25, 0.3) is 0 Å². The molecule has 8 heteroatoms. The van der Waals surface area contributed by atoms with Crippen molar-refractivity contribution in [2.45, 2.75) is 32.5 Å². The van der Waals surface area contributed by atoms with Crippen molar-refractivity contribution < 1.29 is 9.32 Å². The number of aryl methyl sites for hydroxylation is 2. The minimum atomic E-state index is -0.165. The smallest absolute Gasteiger partial charge is 0.236 e. The van der Waals surface area contributed by atoms with Crippen molar-refractivity contribution in [3.63, 3.8) is 0 Å². The van der Waals surface area contributed by atoms with Crippen LogP contribution in [0.2, 0.25) is 0 Å². The third kappa shape index (κ3) is 3.90. The van der Waals surface area contributed by atoms with Gasteiger partial charge in [-0.15, -0.1) is 10.2 Å². The Hall–Kier alpha value is -2.61. The number of aromatic nitrogens is 4. The number of thioether (sulfide) groups is 1. The molecule has 25 heavy (non-hydrogen) atoms. The highest BCUT2D eigenvalue weighted by Crippen LogP contribution is 2.26. The van der Waals surface area contributed by atoms with Gasteiger partial charge in [0.05, 0.1) is 5.75 Å². The molecule has 0 unspecified atom stereocenters. The van der Waals surface area contributed by atoms with E-state index in [4.69, 9.17) is 4.52 Å². The molecule has 2 heterocycles. The fourth-order valence-corrected chi connectivity index (χ4v) is 3.24. The number of nitrogens with zero attached hydrogens (tertiary/aromatic N) is 4. The lowest BCUT2D eigenvalue weighted by Gasteiger charge is -2.09. The first-order valence-corrected chi connectivity index (χ1v) is 8.92. The van der Waals surface area contributed by atoms with Gasteiger partial charge in [-0.1, -0.05) is 41.2 Å². The maximum absolute atomic E-state index is 12.1. The fraction of sp³-hybridized carbons (Fsp3) is 0.294. The van der Waals surface area contributed by atoms with Crippen molar-refractivity contribution in [2.24, 2.45) is 0 Å². The molecule has 0 fully saturated rings. The van der Waals surface area contributed by atoms with Gasteiger partial charge in [0, 0.05) is 18.2 Å². The quantitative estimate of drug-likeness (QED) is 0.681. The highest BCUT2D eigenvalue weighted by Gasteiger charge is 2.16. The van der Waals surface area contributed by atoms with Gasteiger partial charge in [-0.05, 0) is 26.3 Å². The van der Waals surface area contributed by atoms with Crippen molar-refractivity contribution in [3.8, 4) is 11.4 Å². The topological polar surface area (TPSA) is 85.8 Å². The molecular weight excluding hydrogens is 338 g/mol. The van der Waals surface area contributed by atoms with Crippen LogP contribution in [0.5, 0.6) is 0 Å². The summed E-state index contributed by atoms with van der Waals surface area (Å²) < 4.78 is 6.94. The Bertz CT molecular complexity index is 887. The summed E-state index contributed by atoms with van der Waals surface area (Å²) in [4.78, 5) is 12.1. The van der Waals surface area contributed by atoms with Crippen molar-refractivity contribution in [3.05, 3.63) is 41.7 Å². The van der Waals surface area contributed by atoms with E-state index in [-0.39, 0.29) is 11.7 Å². The summed E-state index contributed by atoms with van der Waals surface area (Å²) in [7, 11) is 0. The Morgan fingerprint density at radius 1 is 1.28 bits per heavy atom. The number of benzene rings is 1. The summed E-state index contributed by atoms with van der Waals surface area (Å²) in [5, 5.41) is 15.7. The lowest BCUT2D eigenvalue weighted by atomic mass is 10.1. The lowest BCUT2D eigenvalue weighted by molar-refractivity contribution is -0.113. The molecule has 1 amide bonds. The standard InChI is InChI=1S/C17H19N5O2S/c1-4-22-16(13-8-6-5-7-11(13)2)19-20-17(22)25-10-15(23)18-14-9-12(3)24-21-14/h5-9H,4,10H2,1-3H3,(H,18,21,23). The Balaban J connectivity index is 1.71. The van der Waals surface area contributed by atoms with E-state index >= 15 is 0 Å². The van der Waals surface area contributed by atoms with Gasteiger partial charge in [-0.3, -0.25) is 4.79 Å². The first kappa shape index (κ1) is 17.2. The number of rotatable bonds is 6. The Kier molecular flexibility index (Phi) is 5.18. The van der Waals surface area contributed by atoms with Crippen LogP contribution < -0.4 is 5.32 Å². The summed E-state index contributed by atoms with van der Waals surface area (Å²) in [5.74, 6) is 1.94. The van der Waals surface area contributed by atoms with Crippen LogP contribution in [0.3, 0.4) is 0 Å². The highest BCUT2D eigenvalue weighted by molar-refractivity contribution is 7.99. The van der Waals surface area contributed by atoms with Gasteiger partial charge in [0.2, 0.25) is 5.91 Å². The SMILES string of the molecule is CCn1c(SCC(=O)Nc2cc(C)on2)nnc1-c1ccccc1C. The third-order valence-electron chi connectivity index (χ3n) is 3.65. The van der Waals surface area contributed by atoms with Crippen LogP contribution in [-0.2, 0) is 11.3 Å². The minimum absolute atomic E-state index is 0.165. The molecule has 0 saturated heterocycles. The van der Waals surface area contributed by atoms with E-state index in [0.717, 1.165) is 23.5 Å². The number of anilines is 1. The molecule has 0 bridgehead atoms. The minimum Gasteiger partial charge on any atom is -0.360 e. The molecule has 3 aromatic rings. The average molecular weight is 357 g/mol. The second kappa shape index (κ2) is 7.52. The van der Waals surface area contributed by atoms with E-state index in [1.807, 2.05) is 42.7 Å². The molecule has 0 aliphatic rings. The monoisotopic (exact) mass is 357 g/mol. The van der Waals surface area contributed by atoms with E-state index in [0.29, 0.717) is 16.7 Å². The zero-order valence-electron chi connectivity index (χ0n) is 14.3. The molecule has 2 aromatic heterocycles. The third-order valence-corrected chi connectivity index (χ3v) is 4.61. The second-order valence-electron chi connectivity index (χ2n) is 5.53. The lowest BCUT2D eigenvalue weighted by Crippen LogP contribution is -2.14. The van der Waals surface area contributed by atoms with Crippen LogP contribution in [0.25, 0.3) is 11.4 Å². The number of nitrogens with one attached hydrogen (secondary N) is 1. The van der Waals surface area contributed by atoms with Gasteiger partial charge in [0.1, 0.15) is 5.76 Å². The number of carbonyl (C=O) groups is 1. The molecule has 0 aliphatic heterocycles. The first-order valence-electron chi connectivity index (χ1n) is 7.93. The molecule has 3 rings (SSSR count). The van der Waals surface area contributed by atoms with E-state index < -0.39 is 0 Å². The predicted octanol–water partition coefficient (Wildman–Crippen LogP) is 3.30. The molecule has 0 spiro atoms. The van der Waals surface area contributed by atoms with Crippen LogP contribution >= 0.6 is 11.8 Å². The largest absolute Gasteiger partial charge is 0.360 e. The summed E-state index contributed by atoms with van der Waals surface area (Å²) >= 11 is 1.35. The average Bonchev–Trinajstić information content (AvgIpc) is 3.19. The fourth-order valence-electron chi connectivity index (χ4n) is 2.44. The predicted molar refractivity (Wildman–Crippen MR) is 96.5 cm³/mol. The molecule has 1 N–H and O–H groups in total. The molecule has 130 valence electrons. The summed E-state index contributed by atoms with van der Waals surface area (Å²) in [6.45, 7) is 6.58. The number of hydrogen-bond acceptors (Lipinski definition) is 6. The van der Waals surface area contributed by atoms with Crippen LogP contribution in [0.1, 0.15) is 18.2 Å². The highest BCUT2D eigenvalue weighted by atomic mass is 32.2. The van der Waals surface area contributed by atoms with E-state index in [9.17, 15) is 4.79 Å². The van der Waals surface area contributed by atoms with Crippen LogP contribution in [0, 0.1) is 13.8 Å². The van der Waals surface area contributed by atoms with Crippen LogP contribution in [0.4, 0.5) is 5.82 Å². The van der Waals surface area contributed by atoms with Gasteiger partial charge >= 0.3 is 0 Å². The van der Waals surface area contributed by atoms with E-state index in [1.54, 1.807) is 13.0 Å². The number of hydrogen-bond donors (Lipinski definition) is 1. The van der Waals surface area contributed by atoms with Crippen molar-refractivity contribution in [2.75, 3.05) is 11.1 Å². The van der Waals surface area contributed by atoms with Gasteiger partial charge in [-0.2, -0.15) is 0 Å². The van der Waals surface area contributed by atoms with Gasteiger partial charge in [-0.25, -0.2) is 0 Å². The van der Waals surface area contributed by atoms with Crippen LogP contribution in [0.15, 0.2) is 40.0 Å². The summed E-state index contributed by atoms with van der Waals surface area (Å²) in [5.41, 5.74) is 2.19. The normalized spacial score (nSPS) is 10.8. The number of carbonyl (C=O) groups excluding carboxylic acids is 1. The Labute approximate surface area is 149 Å². The molecule has 0 aliphatic carbocycles. The summed E-state index contributed by atoms with van der Waals surface area (Å²) in [6, 6.07) is 9.73. The maximum Gasteiger partial charge on any atom is 0.236 e. The molecule has 7 nitrogen and oxygen atoms in total.